The van der Waals surface area contributed by atoms with Gasteiger partial charge in [-0.15, -0.1) is 0 Å². The van der Waals surface area contributed by atoms with E-state index in [1.807, 2.05) is 0 Å². The topological polar surface area (TPSA) is 71.1 Å². The molecule has 0 radical (unpaired) electrons. The summed E-state index contributed by atoms with van der Waals surface area (Å²) in [6.07, 6.45) is 0. The molecule has 30 heavy (non-hydrogen) atoms. The van der Waals surface area contributed by atoms with Crippen LogP contribution in [-0.4, -0.2) is 63.0 Å². The molecule has 0 saturated carbocycles. The number of carbonyl (C=O) groups is 2. The van der Waals surface area contributed by atoms with Crippen LogP contribution in [0.5, 0.6) is 11.5 Å². The Balaban J connectivity index is 1.92. The van der Waals surface area contributed by atoms with Crippen molar-refractivity contribution in [1.82, 2.24) is 9.80 Å². The van der Waals surface area contributed by atoms with E-state index in [2.05, 4.69) is 10.1 Å². The molecule has 0 aliphatic rings. The van der Waals surface area contributed by atoms with Gasteiger partial charge in [0, 0.05) is 31.9 Å². The third-order valence-corrected chi connectivity index (χ3v) is 4.13. The van der Waals surface area contributed by atoms with E-state index in [9.17, 15) is 18.4 Å². The predicted molar refractivity (Wildman–Crippen MR) is 109 cm³/mol. The first-order valence-corrected chi connectivity index (χ1v) is 9.11. The first kappa shape index (κ1) is 23.1. The highest BCUT2D eigenvalue weighted by molar-refractivity contribution is 5.96. The van der Waals surface area contributed by atoms with Gasteiger partial charge in [0.2, 0.25) is 5.91 Å². The zero-order valence-electron chi connectivity index (χ0n) is 17.3. The summed E-state index contributed by atoms with van der Waals surface area (Å²) in [7, 11) is 6.46. The fourth-order valence-electron chi connectivity index (χ4n) is 2.77. The van der Waals surface area contributed by atoms with Crippen LogP contribution in [0.1, 0.15) is 15.9 Å². The molecule has 0 saturated heterocycles. The summed E-state index contributed by atoms with van der Waals surface area (Å²) in [6.45, 7) is -2.43. The van der Waals surface area contributed by atoms with Crippen molar-refractivity contribution in [3.63, 3.8) is 0 Å². The van der Waals surface area contributed by atoms with Crippen LogP contribution >= 0.6 is 0 Å². The summed E-state index contributed by atoms with van der Waals surface area (Å²) < 4.78 is 34.3. The number of hydrogen-bond donors (Lipinski definition) is 1. The number of anilines is 1. The second-order valence-electron chi connectivity index (χ2n) is 6.86. The lowest BCUT2D eigenvalue weighted by atomic mass is 10.2. The van der Waals surface area contributed by atoms with Crippen molar-refractivity contribution >= 4 is 17.5 Å². The summed E-state index contributed by atoms with van der Waals surface area (Å²) in [5.74, 6) is -0.201. The Hall–Kier alpha value is -3.20. The third kappa shape index (κ3) is 6.70. The number of methoxy groups -OCH3 is 1. The average Bonchev–Trinajstić information content (AvgIpc) is 2.68. The summed E-state index contributed by atoms with van der Waals surface area (Å²) >= 11 is 0. The highest BCUT2D eigenvalue weighted by Gasteiger charge is 2.13. The van der Waals surface area contributed by atoms with Crippen LogP contribution in [0.2, 0.25) is 0 Å². The first-order chi connectivity index (χ1) is 14.2. The Morgan fingerprint density at radius 2 is 1.70 bits per heavy atom. The predicted octanol–water partition coefficient (Wildman–Crippen LogP) is 3.07. The smallest absolute Gasteiger partial charge is 0.387 e. The van der Waals surface area contributed by atoms with Gasteiger partial charge in [-0.3, -0.25) is 14.5 Å². The van der Waals surface area contributed by atoms with Gasteiger partial charge in [-0.05, 0) is 49.0 Å². The monoisotopic (exact) mass is 421 g/mol. The maximum Gasteiger partial charge on any atom is 0.387 e. The highest BCUT2D eigenvalue weighted by atomic mass is 19.3. The van der Waals surface area contributed by atoms with Crippen LogP contribution in [0.25, 0.3) is 0 Å². The van der Waals surface area contributed by atoms with Gasteiger partial charge in [-0.1, -0.05) is 6.07 Å². The number of amides is 2. The molecule has 2 aromatic carbocycles. The number of carbonyl (C=O) groups excluding carboxylic acids is 2. The molecule has 9 heteroatoms. The average molecular weight is 421 g/mol. The Bertz CT molecular complexity index is 873. The summed E-state index contributed by atoms with van der Waals surface area (Å²) in [5.41, 5.74) is 1.89. The number of benzene rings is 2. The largest absolute Gasteiger partial charge is 0.493 e. The number of hydrogen-bond acceptors (Lipinski definition) is 5. The minimum atomic E-state index is -2.94. The number of alkyl halides is 2. The van der Waals surface area contributed by atoms with Crippen molar-refractivity contribution in [2.24, 2.45) is 0 Å². The second kappa shape index (κ2) is 10.5. The maximum atomic E-state index is 12.4. The SMILES string of the molecule is COc1cc(CN(C)CC(=O)Nc2ccc(C(=O)N(C)C)cc2)ccc1OC(F)F. The quantitative estimate of drug-likeness (QED) is 0.674. The molecule has 0 atom stereocenters. The summed E-state index contributed by atoms with van der Waals surface area (Å²) in [4.78, 5) is 27.4. The van der Waals surface area contributed by atoms with Crippen LogP contribution in [0.3, 0.4) is 0 Å². The van der Waals surface area contributed by atoms with E-state index in [1.165, 1.54) is 18.1 Å². The van der Waals surface area contributed by atoms with Crippen molar-refractivity contribution in [3.05, 3.63) is 53.6 Å². The Kier molecular flexibility index (Phi) is 8.11. The maximum absolute atomic E-state index is 12.4. The van der Waals surface area contributed by atoms with Crippen LogP contribution in [-0.2, 0) is 11.3 Å². The molecule has 0 spiro atoms. The molecule has 0 heterocycles. The van der Waals surface area contributed by atoms with Crippen LogP contribution in [0.4, 0.5) is 14.5 Å². The number of likely N-dealkylation sites (N-methyl/N-ethyl adjacent to an activating group) is 1. The molecule has 0 fully saturated rings. The molecular formula is C21H25F2N3O4. The Labute approximate surface area is 174 Å². The minimum absolute atomic E-state index is 0.0483. The van der Waals surface area contributed by atoms with Gasteiger partial charge in [-0.2, -0.15) is 8.78 Å². The van der Waals surface area contributed by atoms with E-state index in [0.29, 0.717) is 17.8 Å². The van der Waals surface area contributed by atoms with Gasteiger partial charge >= 0.3 is 6.61 Å². The molecule has 0 aliphatic heterocycles. The summed E-state index contributed by atoms with van der Waals surface area (Å²) in [5, 5.41) is 2.77. The van der Waals surface area contributed by atoms with Crippen molar-refractivity contribution < 1.29 is 27.8 Å². The van der Waals surface area contributed by atoms with Gasteiger partial charge in [-0.25, -0.2) is 0 Å². The number of nitrogens with zero attached hydrogens (tertiary/aromatic N) is 2. The second-order valence-corrected chi connectivity index (χ2v) is 6.86. The van der Waals surface area contributed by atoms with Gasteiger partial charge in [0.25, 0.3) is 5.91 Å². The molecule has 2 rings (SSSR count). The number of rotatable bonds is 9. The lowest BCUT2D eigenvalue weighted by Crippen LogP contribution is -2.29. The zero-order chi connectivity index (χ0) is 22.3. The van der Waals surface area contributed by atoms with Gasteiger partial charge in [0.1, 0.15) is 0 Å². The molecule has 1 N–H and O–H groups in total. The summed E-state index contributed by atoms with van der Waals surface area (Å²) in [6, 6.07) is 11.3. The molecular weight excluding hydrogens is 396 g/mol. The van der Waals surface area contributed by atoms with Gasteiger partial charge in [0.05, 0.1) is 13.7 Å². The van der Waals surface area contributed by atoms with E-state index < -0.39 is 6.61 Å². The standard InChI is InChI=1S/C21H25F2N3O4/c1-25(2)20(28)15-6-8-16(9-7-15)24-19(27)13-26(3)12-14-5-10-17(30-21(22)23)18(11-14)29-4/h5-11,21H,12-13H2,1-4H3,(H,24,27). The molecule has 0 aromatic heterocycles. The lowest BCUT2D eigenvalue weighted by molar-refractivity contribution is -0.117. The normalized spacial score (nSPS) is 10.8. The molecule has 0 unspecified atom stereocenters. The third-order valence-electron chi connectivity index (χ3n) is 4.13. The van der Waals surface area contributed by atoms with Crippen molar-refractivity contribution in [2.45, 2.75) is 13.2 Å². The van der Waals surface area contributed by atoms with E-state index in [0.717, 1.165) is 5.56 Å². The Morgan fingerprint density at radius 1 is 1.03 bits per heavy atom. The molecule has 0 aliphatic carbocycles. The highest BCUT2D eigenvalue weighted by Crippen LogP contribution is 2.29. The minimum Gasteiger partial charge on any atom is -0.493 e. The number of nitrogens with one attached hydrogen (secondary N) is 1. The number of ether oxygens (including phenoxy) is 2. The van der Waals surface area contributed by atoms with E-state index in [4.69, 9.17) is 4.74 Å². The van der Waals surface area contributed by atoms with Gasteiger partial charge < -0.3 is 19.7 Å². The van der Waals surface area contributed by atoms with Crippen molar-refractivity contribution in [2.75, 3.05) is 40.1 Å². The van der Waals surface area contributed by atoms with Crippen LogP contribution < -0.4 is 14.8 Å². The van der Waals surface area contributed by atoms with Crippen LogP contribution in [0, 0.1) is 0 Å². The molecule has 7 nitrogen and oxygen atoms in total. The molecule has 2 aromatic rings. The van der Waals surface area contributed by atoms with Crippen molar-refractivity contribution in [1.29, 1.82) is 0 Å². The fraction of sp³-hybridized carbons (Fsp3) is 0.333. The molecule has 162 valence electrons. The zero-order valence-corrected chi connectivity index (χ0v) is 17.3. The van der Waals surface area contributed by atoms with E-state index in [-0.39, 0.29) is 29.9 Å². The fourth-order valence-corrected chi connectivity index (χ4v) is 2.77. The Morgan fingerprint density at radius 3 is 2.27 bits per heavy atom. The lowest BCUT2D eigenvalue weighted by Gasteiger charge is -2.18. The van der Waals surface area contributed by atoms with Gasteiger partial charge in [0.15, 0.2) is 11.5 Å². The van der Waals surface area contributed by atoms with Crippen LogP contribution in [0.15, 0.2) is 42.5 Å². The molecule has 0 bridgehead atoms. The first-order valence-electron chi connectivity index (χ1n) is 9.11. The molecule has 2 amide bonds. The van der Waals surface area contributed by atoms with Crippen molar-refractivity contribution in [3.8, 4) is 11.5 Å². The van der Waals surface area contributed by atoms with E-state index in [1.54, 1.807) is 62.4 Å². The number of halogens is 2. The van der Waals surface area contributed by atoms with E-state index >= 15 is 0 Å².